The van der Waals surface area contributed by atoms with E-state index < -0.39 is 0 Å². The Morgan fingerprint density at radius 3 is 2.74 bits per heavy atom. The number of hydrogen-bond donors (Lipinski definition) is 2. The average molecular weight is 260 g/mol. The van der Waals surface area contributed by atoms with E-state index in [0.29, 0.717) is 18.1 Å². The van der Waals surface area contributed by atoms with Crippen LogP contribution in [0.2, 0.25) is 0 Å². The molecular formula is C12H16N6O. The lowest BCUT2D eigenvalue weighted by molar-refractivity contribution is 0.0940. The largest absolute Gasteiger partial charge is 0.344 e. The highest BCUT2D eigenvalue weighted by molar-refractivity contribution is 5.90. The van der Waals surface area contributed by atoms with Gasteiger partial charge in [0.05, 0.1) is 24.1 Å². The minimum atomic E-state index is -0.328. The molecule has 0 saturated carbocycles. The fourth-order valence-corrected chi connectivity index (χ4v) is 1.39. The van der Waals surface area contributed by atoms with Crippen molar-refractivity contribution in [3.8, 4) is 0 Å². The van der Waals surface area contributed by atoms with E-state index in [4.69, 9.17) is 0 Å². The first-order valence-electron chi connectivity index (χ1n) is 6.04. The van der Waals surface area contributed by atoms with Crippen LogP contribution in [0.4, 0.5) is 0 Å². The summed E-state index contributed by atoms with van der Waals surface area (Å²) in [6, 6.07) is 0. The number of aryl methyl sites for hydroxylation is 1. The van der Waals surface area contributed by atoms with Gasteiger partial charge in [-0.25, -0.2) is 4.98 Å². The smallest absolute Gasteiger partial charge is 0.291 e. The van der Waals surface area contributed by atoms with Gasteiger partial charge in [-0.3, -0.25) is 19.9 Å². The number of amides is 1. The molecule has 0 fully saturated rings. The van der Waals surface area contributed by atoms with Gasteiger partial charge in [0, 0.05) is 12.1 Å². The monoisotopic (exact) mass is 260 g/mol. The molecular weight excluding hydrogens is 244 g/mol. The predicted octanol–water partition coefficient (Wildman–Crippen LogP) is 0.957. The number of carbonyl (C=O) groups is 1. The third-order valence-electron chi connectivity index (χ3n) is 2.52. The number of H-pyrrole nitrogens is 1. The molecule has 0 bridgehead atoms. The van der Waals surface area contributed by atoms with Crippen LogP contribution in [0, 0.1) is 6.92 Å². The van der Waals surface area contributed by atoms with Gasteiger partial charge in [-0.2, -0.15) is 0 Å². The third kappa shape index (κ3) is 3.34. The highest BCUT2D eigenvalue weighted by atomic mass is 16.2. The van der Waals surface area contributed by atoms with Crippen LogP contribution in [0.15, 0.2) is 12.4 Å². The van der Waals surface area contributed by atoms with Crippen molar-refractivity contribution in [2.75, 3.05) is 0 Å². The number of aromatic nitrogens is 5. The fourth-order valence-electron chi connectivity index (χ4n) is 1.39. The summed E-state index contributed by atoms with van der Waals surface area (Å²) in [5.41, 5.74) is 1.53. The van der Waals surface area contributed by atoms with Crippen LogP contribution in [0.1, 0.15) is 47.6 Å². The topological polar surface area (TPSA) is 96.5 Å². The number of nitrogens with one attached hydrogen (secondary N) is 2. The van der Waals surface area contributed by atoms with E-state index in [1.54, 1.807) is 12.4 Å². The predicted molar refractivity (Wildman–Crippen MR) is 68.4 cm³/mol. The molecule has 0 radical (unpaired) electrons. The highest BCUT2D eigenvalue weighted by Crippen LogP contribution is 2.07. The summed E-state index contributed by atoms with van der Waals surface area (Å²) in [5, 5.41) is 9.32. The zero-order valence-electron chi connectivity index (χ0n) is 11.1. The fraction of sp³-hybridized carbons (Fsp3) is 0.417. The first-order chi connectivity index (χ1) is 9.06. The SMILES string of the molecule is Cc1cnc(CNC(=O)c2n[nH]c(C(C)C)n2)cn1. The van der Waals surface area contributed by atoms with Crippen molar-refractivity contribution in [3.63, 3.8) is 0 Å². The Morgan fingerprint density at radius 2 is 2.16 bits per heavy atom. The van der Waals surface area contributed by atoms with Gasteiger partial charge in [0.15, 0.2) is 0 Å². The van der Waals surface area contributed by atoms with Crippen molar-refractivity contribution in [3.05, 3.63) is 35.4 Å². The molecule has 0 spiro atoms. The van der Waals surface area contributed by atoms with Gasteiger partial charge in [-0.05, 0) is 6.92 Å². The van der Waals surface area contributed by atoms with Crippen molar-refractivity contribution < 1.29 is 4.79 Å². The second kappa shape index (κ2) is 5.55. The second-order valence-electron chi connectivity index (χ2n) is 4.53. The maximum Gasteiger partial charge on any atom is 0.291 e. The molecule has 7 heteroatoms. The van der Waals surface area contributed by atoms with Crippen molar-refractivity contribution in [2.24, 2.45) is 0 Å². The van der Waals surface area contributed by atoms with Gasteiger partial charge in [0.2, 0.25) is 5.82 Å². The lowest BCUT2D eigenvalue weighted by Crippen LogP contribution is -2.24. The van der Waals surface area contributed by atoms with Crippen LogP contribution < -0.4 is 5.32 Å². The molecule has 0 saturated heterocycles. The molecule has 19 heavy (non-hydrogen) atoms. The second-order valence-corrected chi connectivity index (χ2v) is 4.53. The summed E-state index contributed by atoms with van der Waals surface area (Å²) in [4.78, 5) is 24.2. The summed E-state index contributed by atoms with van der Waals surface area (Å²) < 4.78 is 0. The number of rotatable bonds is 4. The molecule has 7 nitrogen and oxygen atoms in total. The molecule has 2 heterocycles. The molecule has 100 valence electrons. The molecule has 0 atom stereocenters. The van der Waals surface area contributed by atoms with E-state index in [1.165, 1.54) is 0 Å². The zero-order valence-corrected chi connectivity index (χ0v) is 11.1. The van der Waals surface area contributed by atoms with Crippen LogP contribution in [-0.4, -0.2) is 31.1 Å². The summed E-state index contributed by atoms with van der Waals surface area (Å²) in [6.07, 6.45) is 3.29. The third-order valence-corrected chi connectivity index (χ3v) is 2.52. The Hall–Kier alpha value is -2.31. The first kappa shape index (κ1) is 13.1. The molecule has 2 rings (SSSR count). The van der Waals surface area contributed by atoms with E-state index in [1.807, 2.05) is 20.8 Å². The van der Waals surface area contributed by atoms with Gasteiger partial charge in [0.25, 0.3) is 5.91 Å². The van der Waals surface area contributed by atoms with Crippen LogP contribution in [0.3, 0.4) is 0 Å². The standard InChI is InChI=1S/C12H16N6O/c1-7(2)10-16-11(18-17-10)12(19)15-6-9-5-13-8(3)4-14-9/h4-5,7H,6H2,1-3H3,(H,15,19)(H,16,17,18). The van der Waals surface area contributed by atoms with E-state index in [9.17, 15) is 4.79 Å². The number of hydrogen-bond acceptors (Lipinski definition) is 5. The quantitative estimate of drug-likeness (QED) is 0.853. The van der Waals surface area contributed by atoms with E-state index in [0.717, 1.165) is 5.69 Å². The zero-order chi connectivity index (χ0) is 13.8. The van der Waals surface area contributed by atoms with Crippen LogP contribution in [-0.2, 0) is 6.54 Å². The lowest BCUT2D eigenvalue weighted by Gasteiger charge is -2.01. The molecule has 2 N–H and O–H groups in total. The summed E-state index contributed by atoms with van der Waals surface area (Å²) in [7, 11) is 0. The Bertz CT molecular complexity index is 560. The van der Waals surface area contributed by atoms with Gasteiger partial charge in [-0.1, -0.05) is 13.8 Å². The Labute approximate surface area is 110 Å². The van der Waals surface area contributed by atoms with Gasteiger partial charge >= 0.3 is 0 Å². The lowest BCUT2D eigenvalue weighted by atomic mass is 10.2. The van der Waals surface area contributed by atoms with E-state index in [-0.39, 0.29) is 17.6 Å². The number of nitrogens with zero attached hydrogens (tertiary/aromatic N) is 4. The molecule has 0 unspecified atom stereocenters. The van der Waals surface area contributed by atoms with E-state index >= 15 is 0 Å². The summed E-state index contributed by atoms with van der Waals surface area (Å²) >= 11 is 0. The Balaban J connectivity index is 1.95. The van der Waals surface area contributed by atoms with Gasteiger partial charge in [0.1, 0.15) is 5.82 Å². The molecule has 1 amide bonds. The van der Waals surface area contributed by atoms with E-state index in [2.05, 4.69) is 30.5 Å². The normalized spacial score (nSPS) is 10.7. The molecule has 2 aromatic rings. The van der Waals surface area contributed by atoms with Crippen molar-refractivity contribution >= 4 is 5.91 Å². The van der Waals surface area contributed by atoms with Gasteiger partial charge < -0.3 is 5.32 Å². The summed E-state index contributed by atoms with van der Waals surface area (Å²) in [5.74, 6) is 0.714. The molecule has 0 aliphatic heterocycles. The number of carbonyl (C=O) groups excluding carboxylic acids is 1. The maximum atomic E-state index is 11.8. The highest BCUT2D eigenvalue weighted by Gasteiger charge is 2.13. The van der Waals surface area contributed by atoms with Crippen molar-refractivity contribution in [2.45, 2.75) is 33.2 Å². The van der Waals surface area contributed by atoms with Crippen LogP contribution in [0.5, 0.6) is 0 Å². The molecule has 0 aliphatic rings. The van der Waals surface area contributed by atoms with Crippen molar-refractivity contribution in [1.29, 1.82) is 0 Å². The molecule has 0 aromatic carbocycles. The van der Waals surface area contributed by atoms with Gasteiger partial charge in [-0.15, -0.1) is 5.10 Å². The number of aromatic amines is 1. The first-order valence-corrected chi connectivity index (χ1v) is 6.04. The maximum absolute atomic E-state index is 11.8. The average Bonchev–Trinajstić information content (AvgIpc) is 2.87. The Kier molecular flexibility index (Phi) is 3.84. The molecule has 0 aliphatic carbocycles. The van der Waals surface area contributed by atoms with Crippen LogP contribution in [0.25, 0.3) is 0 Å². The Morgan fingerprint density at radius 1 is 1.37 bits per heavy atom. The molecule has 2 aromatic heterocycles. The minimum absolute atomic E-state index is 0.142. The summed E-state index contributed by atoms with van der Waals surface area (Å²) in [6.45, 7) is 6.11. The van der Waals surface area contributed by atoms with Crippen LogP contribution >= 0.6 is 0 Å². The van der Waals surface area contributed by atoms with Crippen molar-refractivity contribution in [1.82, 2.24) is 30.5 Å². The minimum Gasteiger partial charge on any atom is -0.344 e.